The zero-order chi connectivity index (χ0) is 20.4. The third-order valence-electron chi connectivity index (χ3n) is 4.15. The molecule has 3 heterocycles. The monoisotopic (exact) mass is 449 g/mol. The molecule has 0 spiro atoms. The van der Waals surface area contributed by atoms with E-state index in [0.29, 0.717) is 27.8 Å². The van der Waals surface area contributed by atoms with Gasteiger partial charge in [-0.15, -0.1) is 11.3 Å². The summed E-state index contributed by atoms with van der Waals surface area (Å²) in [6.45, 7) is 1.95. The second-order valence-corrected chi connectivity index (χ2v) is 8.73. The van der Waals surface area contributed by atoms with Gasteiger partial charge in [0.15, 0.2) is 4.34 Å². The molecular weight excluding hydrogens is 434 g/mol. The van der Waals surface area contributed by atoms with Gasteiger partial charge in [0, 0.05) is 16.5 Å². The number of thiazole rings is 1. The van der Waals surface area contributed by atoms with Crippen LogP contribution in [0.3, 0.4) is 0 Å². The summed E-state index contributed by atoms with van der Waals surface area (Å²) in [5.74, 6) is 0.292. The lowest BCUT2D eigenvalue weighted by Crippen LogP contribution is -2.46. The number of hydrogen-bond donors (Lipinski definition) is 2. The van der Waals surface area contributed by atoms with Gasteiger partial charge in [-0.2, -0.15) is 0 Å². The van der Waals surface area contributed by atoms with Crippen molar-refractivity contribution in [1.29, 1.82) is 0 Å². The predicted molar refractivity (Wildman–Crippen MR) is 112 cm³/mol. The number of nitrogens with zero attached hydrogens (tertiary/aromatic N) is 1. The maximum atomic E-state index is 12.7. The zero-order valence-electron chi connectivity index (χ0n) is 15.2. The number of hydrogen-bond acceptors (Lipinski definition) is 7. The van der Waals surface area contributed by atoms with Crippen LogP contribution < -0.4 is 10.6 Å². The third kappa shape index (κ3) is 4.26. The highest BCUT2D eigenvalue weighted by Crippen LogP contribution is 2.34. The molecule has 0 saturated heterocycles. The average molecular weight is 450 g/mol. The van der Waals surface area contributed by atoms with Crippen LogP contribution in [0.15, 0.2) is 56.6 Å². The molecule has 0 aliphatic carbocycles. The molecular formula is C19H16ClN3O4S2. The summed E-state index contributed by atoms with van der Waals surface area (Å²) in [6, 6.07) is 7.82. The van der Waals surface area contributed by atoms with Gasteiger partial charge in [0.25, 0.3) is 0 Å². The number of fused-ring (bicyclic) bond motifs is 1. The maximum Gasteiger partial charge on any atom is 0.338 e. The topological polar surface area (TPSA) is 93.5 Å². The van der Waals surface area contributed by atoms with Gasteiger partial charge in [0.2, 0.25) is 0 Å². The first-order valence-electron chi connectivity index (χ1n) is 8.75. The SMILES string of the molecule is CCOC(=O)C1=C(CSc2nc3cc(Cl)ccc3s2)NC(=O)NC1c1ccco1. The van der Waals surface area contributed by atoms with E-state index in [1.807, 2.05) is 12.1 Å². The van der Waals surface area contributed by atoms with Gasteiger partial charge in [-0.05, 0) is 37.3 Å². The number of nitrogens with one attached hydrogen (secondary N) is 2. The Balaban J connectivity index is 1.65. The molecule has 4 rings (SSSR count). The van der Waals surface area contributed by atoms with Crippen LogP contribution in [0.2, 0.25) is 5.02 Å². The van der Waals surface area contributed by atoms with Crippen molar-refractivity contribution in [2.45, 2.75) is 17.3 Å². The number of aromatic nitrogens is 1. The van der Waals surface area contributed by atoms with Gasteiger partial charge in [0.1, 0.15) is 11.8 Å². The Morgan fingerprint density at radius 3 is 3.03 bits per heavy atom. The predicted octanol–water partition coefficient (Wildman–Crippen LogP) is 4.51. The lowest BCUT2D eigenvalue weighted by atomic mass is 10.0. The van der Waals surface area contributed by atoms with Crippen molar-refractivity contribution in [1.82, 2.24) is 15.6 Å². The van der Waals surface area contributed by atoms with E-state index >= 15 is 0 Å². The number of thioether (sulfide) groups is 1. The van der Waals surface area contributed by atoms with Crippen LogP contribution in [-0.2, 0) is 9.53 Å². The molecule has 1 atom stereocenters. The van der Waals surface area contributed by atoms with E-state index in [0.717, 1.165) is 14.6 Å². The molecule has 1 unspecified atom stereocenters. The van der Waals surface area contributed by atoms with Gasteiger partial charge in [-0.3, -0.25) is 0 Å². The number of carbonyl (C=O) groups excluding carboxylic acids is 2. The molecule has 150 valence electrons. The van der Waals surface area contributed by atoms with E-state index < -0.39 is 18.0 Å². The Morgan fingerprint density at radius 2 is 2.28 bits per heavy atom. The minimum atomic E-state index is -0.720. The Labute approximate surface area is 179 Å². The van der Waals surface area contributed by atoms with E-state index in [1.165, 1.54) is 29.4 Å². The molecule has 3 aromatic rings. The Kier molecular flexibility index (Phi) is 5.79. The van der Waals surface area contributed by atoms with Crippen molar-refractivity contribution in [3.05, 3.63) is 58.6 Å². The van der Waals surface area contributed by atoms with Gasteiger partial charge in [-0.25, -0.2) is 14.6 Å². The quantitative estimate of drug-likeness (QED) is 0.425. The highest BCUT2D eigenvalue weighted by atomic mass is 35.5. The first kappa shape index (κ1) is 19.8. The number of urea groups is 1. The molecule has 2 N–H and O–H groups in total. The number of ether oxygens (including phenoxy) is 1. The van der Waals surface area contributed by atoms with E-state index in [-0.39, 0.29) is 6.61 Å². The first-order chi connectivity index (χ1) is 14.0. The zero-order valence-corrected chi connectivity index (χ0v) is 17.6. The standard InChI is InChI=1S/C19H16ClN3O4S2/c1-2-26-17(24)15-12(21-18(25)23-16(15)13-4-3-7-27-13)9-28-19-22-11-8-10(20)5-6-14(11)29-19/h3-8,16H,2,9H2,1H3,(H2,21,23,25). The summed E-state index contributed by atoms with van der Waals surface area (Å²) in [5.41, 5.74) is 1.60. The van der Waals surface area contributed by atoms with E-state index in [1.54, 1.807) is 25.1 Å². The summed E-state index contributed by atoms with van der Waals surface area (Å²) in [6.07, 6.45) is 1.49. The number of esters is 1. The smallest absolute Gasteiger partial charge is 0.338 e. The minimum Gasteiger partial charge on any atom is -0.467 e. The van der Waals surface area contributed by atoms with Gasteiger partial charge in [-0.1, -0.05) is 23.4 Å². The van der Waals surface area contributed by atoms with Crippen molar-refractivity contribution >= 4 is 56.9 Å². The molecule has 0 radical (unpaired) electrons. The number of furan rings is 1. The van der Waals surface area contributed by atoms with Crippen molar-refractivity contribution in [2.24, 2.45) is 0 Å². The number of benzene rings is 1. The number of amides is 2. The fraction of sp³-hybridized carbons (Fsp3) is 0.211. The summed E-state index contributed by atoms with van der Waals surface area (Å²) in [5, 5.41) is 6.08. The van der Waals surface area contributed by atoms with Crippen molar-refractivity contribution in [2.75, 3.05) is 12.4 Å². The van der Waals surface area contributed by atoms with Crippen molar-refractivity contribution < 1.29 is 18.7 Å². The number of halogens is 1. The largest absolute Gasteiger partial charge is 0.467 e. The average Bonchev–Trinajstić information content (AvgIpc) is 3.35. The summed E-state index contributed by atoms with van der Waals surface area (Å²) in [4.78, 5) is 29.4. The fourth-order valence-electron chi connectivity index (χ4n) is 2.93. The molecule has 2 amide bonds. The van der Waals surface area contributed by atoms with Crippen LogP contribution >= 0.6 is 34.7 Å². The lowest BCUT2D eigenvalue weighted by Gasteiger charge is -2.27. The van der Waals surface area contributed by atoms with Gasteiger partial charge in [0.05, 0.1) is 28.7 Å². The molecule has 1 aromatic carbocycles. The second-order valence-electron chi connectivity index (χ2n) is 6.04. The minimum absolute atomic E-state index is 0.222. The molecule has 2 aromatic heterocycles. The third-order valence-corrected chi connectivity index (χ3v) is 6.59. The highest BCUT2D eigenvalue weighted by Gasteiger charge is 2.35. The molecule has 10 heteroatoms. The highest BCUT2D eigenvalue weighted by molar-refractivity contribution is 8.01. The molecule has 0 bridgehead atoms. The fourth-order valence-corrected chi connectivity index (χ4v) is 5.11. The molecule has 0 fully saturated rings. The van der Waals surface area contributed by atoms with Crippen molar-refractivity contribution in [3.63, 3.8) is 0 Å². The molecule has 0 saturated carbocycles. The summed E-state index contributed by atoms with van der Waals surface area (Å²) in [7, 11) is 0. The molecule has 1 aliphatic rings. The van der Waals surface area contributed by atoms with E-state index in [4.69, 9.17) is 20.8 Å². The van der Waals surface area contributed by atoms with Crippen LogP contribution in [-0.4, -0.2) is 29.3 Å². The normalized spacial score (nSPS) is 16.6. The molecule has 29 heavy (non-hydrogen) atoms. The Morgan fingerprint density at radius 1 is 1.41 bits per heavy atom. The number of rotatable bonds is 6. The number of carbonyl (C=O) groups is 2. The first-order valence-corrected chi connectivity index (χ1v) is 10.9. The summed E-state index contributed by atoms with van der Waals surface area (Å²) < 4.78 is 12.5. The van der Waals surface area contributed by atoms with E-state index in [2.05, 4.69) is 15.6 Å². The maximum absolute atomic E-state index is 12.7. The van der Waals surface area contributed by atoms with Crippen LogP contribution in [0, 0.1) is 0 Å². The summed E-state index contributed by atoms with van der Waals surface area (Å²) >= 11 is 8.97. The lowest BCUT2D eigenvalue weighted by molar-refractivity contribution is -0.139. The second kappa shape index (κ2) is 8.48. The van der Waals surface area contributed by atoms with Crippen LogP contribution in [0.5, 0.6) is 0 Å². The van der Waals surface area contributed by atoms with Crippen molar-refractivity contribution in [3.8, 4) is 0 Å². The van der Waals surface area contributed by atoms with Crippen LogP contribution in [0.4, 0.5) is 4.79 Å². The van der Waals surface area contributed by atoms with E-state index in [9.17, 15) is 9.59 Å². The molecule has 1 aliphatic heterocycles. The van der Waals surface area contributed by atoms with Gasteiger partial charge >= 0.3 is 12.0 Å². The van der Waals surface area contributed by atoms with Gasteiger partial charge < -0.3 is 19.8 Å². The van der Waals surface area contributed by atoms with Crippen LogP contribution in [0.25, 0.3) is 10.2 Å². The molecule has 7 nitrogen and oxygen atoms in total. The Hall–Kier alpha value is -2.49. The Bertz CT molecular complexity index is 1090. The van der Waals surface area contributed by atoms with Crippen LogP contribution in [0.1, 0.15) is 18.7 Å².